The van der Waals surface area contributed by atoms with E-state index in [0.717, 1.165) is 22.3 Å². The average molecular weight is 284 g/mol. The third-order valence-electron chi connectivity index (χ3n) is 2.41. The number of hydrogen-bond acceptors (Lipinski definition) is 2. The van der Waals surface area contributed by atoms with Gasteiger partial charge in [0.25, 0.3) is 0 Å². The first-order chi connectivity index (χ1) is 7.60. The Balaban J connectivity index is 3.01. The molecule has 3 heteroatoms. The van der Waals surface area contributed by atoms with Gasteiger partial charge in [-0.05, 0) is 47.1 Å². The summed E-state index contributed by atoms with van der Waals surface area (Å²) < 4.78 is 6.18. The minimum absolute atomic E-state index is 0.201. The van der Waals surface area contributed by atoms with Crippen LogP contribution in [0.2, 0.25) is 0 Å². The van der Waals surface area contributed by atoms with Crippen molar-refractivity contribution in [2.24, 2.45) is 0 Å². The molecule has 0 radical (unpaired) electrons. The summed E-state index contributed by atoms with van der Waals surface area (Å²) in [5.41, 5.74) is 2.31. The van der Waals surface area contributed by atoms with Crippen molar-refractivity contribution in [3.05, 3.63) is 40.4 Å². The standard InChI is InChI=1S/C13H18BrNO/c1-5-15-13(9(2)3)10-6-7-12(16-4)11(14)8-10/h6-8,13,15H,2,5H2,1,3-4H3. The zero-order valence-electron chi connectivity index (χ0n) is 10.0. The fraction of sp³-hybridized carbons (Fsp3) is 0.385. The van der Waals surface area contributed by atoms with Gasteiger partial charge in [0.2, 0.25) is 0 Å². The van der Waals surface area contributed by atoms with Crippen LogP contribution in [0.3, 0.4) is 0 Å². The molecule has 2 nitrogen and oxygen atoms in total. The van der Waals surface area contributed by atoms with Crippen LogP contribution in [0.5, 0.6) is 5.75 Å². The lowest BCUT2D eigenvalue weighted by Gasteiger charge is -2.19. The molecule has 0 spiro atoms. The molecule has 0 aliphatic rings. The van der Waals surface area contributed by atoms with Gasteiger partial charge in [0.1, 0.15) is 5.75 Å². The van der Waals surface area contributed by atoms with E-state index in [-0.39, 0.29) is 6.04 Å². The number of likely N-dealkylation sites (N-methyl/N-ethyl adjacent to an activating group) is 1. The zero-order chi connectivity index (χ0) is 12.1. The number of benzene rings is 1. The van der Waals surface area contributed by atoms with Crippen LogP contribution in [-0.2, 0) is 0 Å². The van der Waals surface area contributed by atoms with Gasteiger partial charge in [0.05, 0.1) is 17.6 Å². The molecular formula is C13H18BrNO. The molecule has 1 unspecified atom stereocenters. The maximum absolute atomic E-state index is 5.21. The molecule has 0 aliphatic carbocycles. The van der Waals surface area contributed by atoms with Crippen molar-refractivity contribution >= 4 is 15.9 Å². The SMILES string of the molecule is C=C(C)C(NCC)c1ccc(OC)c(Br)c1. The van der Waals surface area contributed by atoms with E-state index < -0.39 is 0 Å². The first-order valence-electron chi connectivity index (χ1n) is 5.32. The van der Waals surface area contributed by atoms with Crippen molar-refractivity contribution < 1.29 is 4.74 Å². The van der Waals surface area contributed by atoms with Gasteiger partial charge in [0.15, 0.2) is 0 Å². The molecule has 1 rings (SSSR count). The van der Waals surface area contributed by atoms with Crippen molar-refractivity contribution in [2.75, 3.05) is 13.7 Å². The van der Waals surface area contributed by atoms with E-state index in [1.54, 1.807) is 7.11 Å². The summed E-state index contributed by atoms with van der Waals surface area (Å²) in [4.78, 5) is 0. The predicted octanol–water partition coefficient (Wildman–Crippen LogP) is 3.68. The van der Waals surface area contributed by atoms with Crippen LogP contribution in [0.4, 0.5) is 0 Å². The first-order valence-corrected chi connectivity index (χ1v) is 6.11. The number of rotatable bonds is 5. The number of nitrogens with one attached hydrogen (secondary N) is 1. The number of ether oxygens (including phenoxy) is 1. The molecule has 0 amide bonds. The second-order valence-corrected chi connectivity index (χ2v) is 4.59. The van der Waals surface area contributed by atoms with Gasteiger partial charge in [0, 0.05) is 0 Å². The highest BCUT2D eigenvalue weighted by molar-refractivity contribution is 9.10. The molecule has 1 aromatic rings. The fourth-order valence-corrected chi connectivity index (χ4v) is 2.20. The van der Waals surface area contributed by atoms with Crippen molar-refractivity contribution in [3.8, 4) is 5.75 Å². The highest BCUT2D eigenvalue weighted by Gasteiger charge is 2.12. The van der Waals surface area contributed by atoms with Crippen molar-refractivity contribution in [2.45, 2.75) is 19.9 Å². The Kier molecular flexibility index (Phi) is 5.03. The molecule has 0 saturated heterocycles. The van der Waals surface area contributed by atoms with Crippen molar-refractivity contribution in [3.63, 3.8) is 0 Å². The minimum Gasteiger partial charge on any atom is -0.496 e. The summed E-state index contributed by atoms with van der Waals surface area (Å²) in [7, 11) is 1.67. The lowest BCUT2D eigenvalue weighted by atomic mass is 10.0. The quantitative estimate of drug-likeness (QED) is 0.833. The van der Waals surface area contributed by atoms with Gasteiger partial charge < -0.3 is 10.1 Å². The van der Waals surface area contributed by atoms with Crippen LogP contribution in [0.1, 0.15) is 25.5 Å². The van der Waals surface area contributed by atoms with Crippen LogP contribution >= 0.6 is 15.9 Å². The van der Waals surface area contributed by atoms with E-state index in [2.05, 4.69) is 46.9 Å². The molecule has 0 aliphatic heterocycles. The maximum atomic E-state index is 5.21. The Labute approximate surface area is 106 Å². The Morgan fingerprint density at radius 3 is 2.69 bits per heavy atom. The lowest BCUT2D eigenvalue weighted by molar-refractivity contribution is 0.411. The second kappa shape index (κ2) is 6.06. The molecule has 88 valence electrons. The van der Waals surface area contributed by atoms with Crippen LogP contribution in [0.15, 0.2) is 34.8 Å². The first kappa shape index (κ1) is 13.3. The minimum atomic E-state index is 0.201. The monoisotopic (exact) mass is 283 g/mol. The molecule has 1 atom stereocenters. The Hall–Kier alpha value is -0.800. The molecular weight excluding hydrogens is 266 g/mol. The molecule has 1 aromatic carbocycles. The normalized spacial score (nSPS) is 12.2. The summed E-state index contributed by atoms with van der Waals surface area (Å²) in [5.74, 6) is 0.848. The van der Waals surface area contributed by atoms with Gasteiger partial charge in [-0.3, -0.25) is 0 Å². The number of hydrogen-bond donors (Lipinski definition) is 1. The average Bonchev–Trinajstić information content (AvgIpc) is 2.25. The second-order valence-electron chi connectivity index (χ2n) is 3.73. The largest absolute Gasteiger partial charge is 0.496 e. The molecule has 0 heterocycles. The molecule has 1 N–H and O–H groups in total. The molecule has 0 aromatic heterocycles. The summed E-state index contributed by atoms with van der Waals surface area (Å²) in [5, 5.41) is 3.40. The summed E-state index contributed by atoms with van der Waals surface area (Å²) >= 11 is 3.49. The lowest BCUT2D eigenvalue weighted by Crippen LogP contribution is -2.21. The van der Waals surface area contributed by atoms with Crippen LogP contribution in [0, 0.1) is 0 Å². The predicted molar refractivity (Wildman–Crippen MR) is 71.9 cm³/mol. The van der Waals surface area contributed by atoms with Crippen molar-refractivity contribution in [1.29, 1.82) is 0 Å². The van der Waals surface area contributed by atoms with Gasteiger partial charge in [-0.15, -0.1) is 0 Å². The van der Waals surface area contributed by atoms with E-state index >= 15 is 0 Å². The zero-order valence-corrected chi connectivity index (χ0v) is 11.6. The van der Waals surface area contributed by atoms with Gasteiger partial charge in [-0.25, -0.2) is 0 Å². The summed E-state index contributed by atoms with van der Waals surface area (Å²) in [6.07, 6.45) is 0. The van der Waals surface area contributed by atoms with Gasteiger partial charge in [-0.2, -0.15) is 0 Å². The van der Waals surface area contributed by atoms with E-state index in [1.165, 1.54) is 5.56 Å². The van der Waals surface area contributed by atoms with Gasteiger partial charge >= 0.3 is 0 Å². The number of halogens is 1. The summed E-state index contributed by atoms with van der Waals surface area (Å²) in [6.45, 7) is 9.06. The molecule has 0 saturated carbocycles. The Morgan fingerprint density at radius 1 is 1.56 bits per heavy atom. The number of methoxy groups -OCH3 is 1. The maximum Gasteiger partial charge on any atom is 0.133 e. The van der Waals surface area contributed by atoms with E-state index in [9.17, 15) is 0 Å². The topological polar surface area (TPSA) is 21.3 Å². The van der Waals surface area contributed by atoms with Gasteiger partial charge in [-0.1, -0.05) is 25.1 Å². The van der Waals surface area contributed by atoms with E-state index in [4.69, 9.17) is 4.74 Å². The van der Waals surface area contributed by atoms with E-state index in [0.29, 0.717) is 0 Å². The van der Waals surface area contributed by atoms with E-state index in [1.807, 2.05) is 13.0 Å². The molecule has 0 bridgehead atoms. The highest BCUT2D eigenvalue weighted by Crippen LogP contribution is 2.29. The highest BCUT2D eigenvalue weighted by atomic mass is 79.9. The fourth-order valence-electron chi connectivity index (χ4n) is 1.64. The Morgan fingerprint density at radius 2 is 2.25 bits per heavy atom. The Bertz CT molecular complexity index is 376. The van der Waals surface area contributed by atoms with Crippen LogP contribution in [-0.4, -0.2) is 13.7 Å². The van der Waals surface area contributed by atoms with Crippen LogP contribution in [0.25, 0.3) is 0 Å². The third-order valence-corrected chi connectivity index (χ3v) is 3.03. The third kappa shape index (κ3) is 3.09. The molecule has 0 fully saturated rings. The smallest absolute Gasteiger partial charge is 0.133 e. The summed E-state index contributed by atoms with van der Waals surface area (Å²) in [6, 6.07) is 6.30. The van der Waals surface area contributed by atoms with Crippen molar-refractivity contribution in [1.82, 2.24) is 5.32 Å². The molecule has 16 heavy (non-hydrogen) atoms. The van der Waals surface area contributed by atoms with Crippen LogP contribution < -0.4 is 10.1 Å².